The third-order valence-corrected chi connectivity index (χ3v) is 2.94. The average Bonchev–Trinajstić information content (AvgIpc) is 2.15. The highest BCUT2D eigenvalue weighted by atomic mass is 16.4. The number of aliphatic hydroxyl groups is 4. The van der Waals surface area contributed by atoms with Crippen molar-refractivity contribution < 1.29 is 35.1 Å². The molecular formula is C9H16O7. The molecule has 7 heteroatoms. The first kappa shape index (κ1) is 15.0. The summed E-state index contributed by atoms with van der Waals surface area (Å²) in [6, 6.07) is 0. The Morgan fingerprint density at radius 3 is 1.69 bits per heavy atom. The molecule has 0 radical (unpaired) electrons. The highest BCUT2D eigenvalue weighted by molar-refractivity contribution is 6.36. The Hall–Kier alpha value is -1.02. The monoisotopic (exact) mass is 236 g/mol. The molecule has 0 aromatic rings. The topological polar surface area (TPSA) is 135 Å². The van der Waals surface area contributed by atoms with Crippen LogP contribution in [0.1, 0.15) is 20.8 Å². The molecule has 5 N–H and O–H groups in total. The first-order chi connectivity index (χ1) is 6.91. The van der Waals surface area contributed by atoms with Crippen molar-refractivity contribution in [2.24, 2.45) is 0 Å². The van der Waals surface area contributed by atoms with Crippen LogP contribution in [-0.2, 0) is 9.59 Å². The average molecular weight is 236 g/mol. The van der Waals surface area contributed by atoms with E-state index in [9.17, 15) is 24.9 Å². The highest BCUT2D eigenvalue weighted by Gasteiger charge is 2.59. The van der Waals surface area contributed by atoms with Gasteiger partial charge in [0.2, 0.25) is 0 Å². The van der Waals surface area contributed by atoms with Crippen LogP contribution in [-0.4, -0.2) is 60.7 Å². The molecule has 0 aliphatic rings. The zero-order valence-electron chi connectivity index (χ0n) is 9.26. The zero-order valence-corrected chi connectivity index (χ0v) is 9.26. The van der Waals surface area contributed by atoms with Crippen LogP contribution in [0.3, 0.4) is 0 Å². The molecular weight excluding hydrogens is 220 g/mol. The number of carboxylic acids is 1. The normalized spacial score (nSPS) is 22.7. The first-order valence-electron chi connectivity index (χ1n) is 4.47. The summed E-state index contributed by atoms with van der Waals surface area (Å²) in [4.78, 5) is 21.6. The smallest absolute Gasteiger partial charge is 0.375 e. The lowest BCUT2D eigenvalue weighted by Gasteiger charge is -2.44. The molecule has 0 spiro atoms. The molecule has 0 aliphatic heterocycles. The largest absolute Gasteiger partial charge is 0.475 e. The van der Waals surface area contributed by atoms with Gasteiger partial charge in [-0.05, 0) is 20.8 Å². The number of aliphatic carboxylic acids is 1. The SMILES string of the molecule is CC(O)(CO)C(C)(O)C(C)(O)C(=O)C(=O)O. The second-order valence-electron chi connectivity index (χ2n) is 4.21. The van der Waals surface area contributed by atoms with E-state index in [-0.39, 0.29) is 0 Å². The summed E-state index contributed by atoms with van der Waals surface area (Å²) in [6.07, 6.45) is 0. The molecule has 0 aromatic carbocycles. The summed E-state index contributed by atoms with van der Waals surface area (Å²) in [5, 5.41) is 46.4. The van der Waals surface area contributed by atoms with Crippen LogP contribution in [0.5, 0.6) is 0 Å². The van der Waals surface area contributed by atoms with Crippen molar-refractivity contribution in [3.05, 3.63) is 0 Å². The van der Waals surface area contributed by atoms with Gasteiger partial charge in [-0.15, -0.1) is 0 Å². The van der Waals surface area contributed by atoms with E-state index in [1.54, 1.807) is 0 Å². The summed E-state index contributed by atoms with van der Waals surface area (Å²) in [5.41, 5.74) is -7.49. The van der Waals surface area contributed by atoms with Crippen molar-refractivity contribution >= 4 is 11.8 Å². The Morgan fingerprint density at radius 1 is 1.06 bits per heavy atom. The second kappa shape index (κ2) is 4.10. The second-order valence-corrected chi connectivity index (χ2v) is 4.21. The van der Waals surface area contributed by atoms with Crippen LogP contribution >= 0.6 is 0 Å². The van der Waals surface area contributed by atoms with Crippen LogP contribution in [0.15, 0.2) is 0 Å². The number of ketones is 1. The third kappa shape index (κ3) is 2.07. The molecule has 0 saturated heterocycles. The van der Waals surface area contributed by atoms with Crippen molar-refractivity contribution in [2.45, 2.75) is 37.6 Å². The van der Waals surface area contributed by atoms with E-state index in [0.29, 0.717) is 0 Å². The first-order valence-corrected chi connectivity index (χ1v) is 4.47. The maximum absolute atomic E-state index is 11.2. The van der Waals surface area contributed by atoms with Gasteiger partial charge in [-0.3, -0.25) is 4.79 Å². The van der Waals surface area contributed by atoms with E-state index in [1.807, 2.05) is 0 Å². The van der Waals surface area contributed by atoms with E-state index in [4.69, 9.17) is 10.2 Å². The quantitative estimate of drug-likeness (QED) is 0.344. The molecule has 94 valence electrons. The van der Waals surface area contributed by atoms with Gasteiger partial charge in [0, 0.05) is 0 Å². The van der Waals surface area contributed by atoms with Crippen molar-refractivity contribution in [1.82, 2.24) is 0 Å². The van der Waals surface area contributed by atoms with E-state index in [0.717, 1.165) is 20.8 Å². The Labute approximate surface area is 92.0 Å². The Kier molecular flexibility index (Phi) is 3.83. The van der Waals surface area contributed by atoms with E-state index in [1.165, 1.54) is 0 Å². The summed E-state index contributed by atoms with van der Waals surface area (Å²) >= 11 is 0. The zero-order chi connectivity index (χ0) is 13.4. The maximum atomic E-state index is 11.2. The number of carbonyl (C=O) groups excluding carboxylic acids is 1. The Balaban J connectivity index is 5.46. The minimum absolute atomic E-state index is 0.758. The van der Waals surface area contributed by atoms with E-state index >= 15 is 0 Å². The van der Waals surface area contributed by atoms with Crippen molar-refractivity contribution in [3.63, 3.8) is 0 Å². The molecule has 0 rings (SSSR count). The lowest BCUT2D eigenvalue weighted by molar-refractivity contribution is -0.231. The molecule has 0 amide bonds. The third-order valence-electron chi connectivity index (χ3n) is 2.94. The Bertz CT molecular complexity index is 303. The fraction of sp³-hybridized carbons (Fsp3) is 0.778. The molecule has 3 unspecified atom stereocenters. The molecule has 0 saturated carbocycles. The molecule has 0 bridgehead atoms. The number of hydrogen-bond donors (Lipinski definition) is 5. The predicted molar refractivity (Wildman–Crippen MR) is 51.6 cm³/mol. The van der Waals surface area contributed by atoms with Crippen molar-refractivity contribution in [1.29, 1.82) is 0 Å². The van der Waals surface area contributed by atoms with E-state index < -0.39 is 35.2 Å². The van der Waals surface area contributed by atoms with Crippen LogP contribution in [0, 0.1) is 0 Å². The standard InChI is InChI=1S/C9H16O7/c1-7(14,4-10)9(3,16)8(2,15)5(11)6(12)13/h10,14-16H,4H2,1-3H3,(H,12,13). The number of Topliss-reactive ketones (excluding diaryl/α,β-unsaturated/α-hetero) is 1. The molecule has 3 atom stereocenters. The highest BCUT2D eigenvalue weighted by Crippen LogP contribution is 2.33. The molecule has 0 heterocycles. The fourth-order valence-electron chi connectivity index (χ4n) is 1.11. The molecule has 16 heavy (non-hydrogen) atoms. The predicted octanol–water partition coefficient (Wildman–Crippen LogP) is -2.11. The number of hydrogen-bond acceptors (Lipinski definition) is 6. The van der Waals surface area contributed by atoms with Gasteiger partial charge in [0.1, 0.15) is 11.2 Å². The number of carboxylic acid groups (broad SMARTS) is 1. The van der Waals surface area contributed by atoms with Crippen LogP contribution < -0.4 is 0 Å². The van der Waals surface area contributed by atoms with Crippen molar-refractivity contribution in [3.8, 4) is 0 Å². The summed E-state index contributed by atoms with van der Waals surface area (Å²) < 4.78 is 0. The summed E-state index contributed by atoms with van der Waals surface area (Å²) in [6.45, 7) is 1.64. The lowest BCUT2D eigenvalue weighted by atomic mass is 9.72. The number of carbonyl (C=O) groups is 2. The Morgan fingerprint density at radius 2 is 1.44 bits per heavy atom. The van der Waals surface area contributed by atoms with Gasteiger partial charge in [-0.1, -0.05) is 0 Å². The van der Waals surface area contributed by atoms with Gasteiger partial charge in [-0.25, -0.2) is 4.79 Å². The van der Waals surface area contributed by atoms with Crippen LogP contribution in [0.2, 0.25) is 0 Å². The van der Waals surface area contributed by atoms with Crippen molar-refractivity contribution in [2.75, 3.05) is 6.61 Å². The summed E-state index contributed by atoms with van der Waals surface area (Å²) in [5.74, 6) is -3.62. The lowest BCUT2D eigenvalue weighted by Crippen LogP contribution is -2.69. The molecule has 0 fully saturated rings. The van der Waals surface area contributed by atoms with Gasteiger partial charge in [0.15, 0.2) is 5.60 Å². The fourth-order valence-corrected chi connectivity index (χ4v) is 1.11. The van der Waals surface area contributed by atoms with Crippen LogP contribution in [0.25, 0.3) is 0 Å². The summed E-state index contributed by atoms with van der Waals surface area (Å²) in [7, 11) is 0. The van der Waals surface area contributed by atoms with Gasteiger partial charge in [0.05, 0.1) is 6.61 Å². The van der Waals surface area contributed by atoms with Gasteiger partial charge < -0.3 is 25.5 Å². The molecule has 0 aromatic heterocycles. The molecule has 0 aliphatic carbocycles. The minimum Gasteiger partial charge on any atom is -0.475 e. The van der Waals surface area contributed by atoms with E-state index in [2.05, 4.69) is 0 Å². The minimum atomic E-state index is -2.73. The molecule has 7 nitrogen and oxygen atoms in total. The number of aliphatic hydroxyl groups excluding tert-OH is 1. The maximum Gasteiger partial charge on any atom is 0.375 e. The van der Waals surface area contributed by atoms with Gasteiger partial charge in [0.25, 0.3) is 5.78 Å². The van der Waals surface area contributed by atoms with Gasteiger partial charge >= 0.3 is 5.97 Å². The van der Waals surface area contributed by atoms with Gasteiger partial charge in [-0.2, -0.15) is 0 Å². The number of rotatable bonds is 5. The van der Waals surface area contributed by atoms with Crippen LogP contribution in [0.4, 0.5) is 0 Å².